The molecule has 1 aromatic heterocycles. The van der Waals surface area contributed by atoms with E-state index in [0.29, 0.717) is 13.2 Å². The molecular formula is C11H22N4O3S. The Kier molecular flexibility index (Phi) is 5.77. The van der Waals surface area contributed by atoms with Crippen molar-refractivity contribution < 1.29 is 13.2 Å². The minimum atomic E-state index is -3.64. The molecule has 0 saturated heterocycles. The number of sulfonamides is 1. The molecule has 0 amide bonds. The Labute approximate surface area is 114 Å². The van der Waals surface area contributed by atoms with Crippen LogP contribution in [0.3, 0.4) is 0 Å². The Hall–Kier alpha value is -1.12. The summed E-state index contributed by atoms with van der Waals surface area (Å²) in [6.45, 7) is 7.02. The van der Waals surface area contributed by atoms with Crippen molar-refractivity contribution in [3.8, 4) is 0 Å². The van der Waals surface area contributed by atoms with Crippen LogP contribution in [0.15, 0.2) is 11.1 Å². The number of ether oxygens (including phenoxy) is 1. The van der Waals surface area contributed by atoms with Gasteiger partial charge in [0.05, 0.1) is 6.10 Å². The molecule has 7 nitrogen and oxygen atoms in total. The van der Waals surface area contributed by atoms with Crippen molar-refractivity contribution in [2.45, 2.75) is 44.7 Å². The summed E-state index contributed by atoms with van der Waals surface area (Å²) in [5.74, 6) is 0.0185. The van der Waals surface area contributed by atoms with E-state index >= 15 is 0 Å². The lowest BCUT2D eigenvalue weighted by atomic mass is 10.4. The Morgan fingerprint density at radius 1 is 1.53 bits per heavy atom. The van der Waals surface area contributed by atoms with Crippen LogP contribution in [0, 0.1) is 0 Å². The summed E-state index contributed by atoms with van der Waals surface area (Å²) in [5.41, 5.74) is 5.64. The minimum Gasteiger partial charge on any atom is -0.381 e. The SMILES string of the molecule is CCCn1cc(S(=O)(=O)NCC(C)OCC)c(N)n1. The molecule has 1 atom stereocenters. The van der Waals surface area contributed by atoms with Crippen molar-refractivity contribution >= 4 is 15.8 Å². The van der Waals surface area contributed by atoms with Crippen LogP contribution in [0.1, 0.15) is 27.2 Å². The van der Waals surface area contributed by atoms with Crippen LogP contribution in [0.2, 0.25) is 0 Å². The van der Waals surface area contributed by atoms with Crippen LogP contribution in [0.25, 0.3) is 0 Å². The van der Waals surface area contributed by atoms with Crippen molar-refractivity contribution in [3.05, 3.63) is 6.20 Å². The number of rotatable bonds is 8. The average Bonchev–Trinajstić information content (AvgIpc) is 2.70. The van der Waals surface area contributed by atoms with Crippen molar-refractivity contribution in [1.82, 2.24) is 14.5 Å². The second-order valence-electron chi connectivity index (χ2n) is 4.26. The van der Waals surface area contributed by atoms with E-state index in [-0.39, 0.29) is 23.4 Å². The van der Waals surface area contributed by atoms with E-state index in [4.69, 9.17) is 10.5 Å². The fourth-order valence-electron chi connectivity index (χ4n) is 1.62. The molecule has 0 aliphatic heterocycles. The molecule has 8 heteroatoms. The molecule has 0 saturated carbocycles. The van der Waals surface area contributed by atoms with E-state index in [1.165, 1.54) is 10.9 Å². The summed E-state index contributed by atoms with van der Waals surface area (Å²) in [5, 5.41) is 3.97. The van der Waals surface area contributed by atoms with Crippen molar-refractivity contribution in [1.29, 1.82) is 0 Å². The molecule has 0 bridgehead atoms. The molecule has 3 N–H and O–H groups in total. The number of nitrogen functional groups attached to an aromatic ring is 1. The third-order valence-electron chi connectivity index (χ3n) is 2.51. The number of aromatic nitrogens is 2. The molecule has 110 valence electrons. The maximum Gasteiger partial charge on any atom is 0.245 e. The van der Waals surface area contributed by atoms with Gasteiger partial charge in [-0.1, -0.05) is 6.92 Å². The summed E-state index contributed by atoms with van der Waals surface area (Å²) in [4.78, 5) is 0.0182. The average molecular weight is 290 g/mol. The Bertz CT molecular complexity index is 498. The van der Waals surface area contributed by atoms with Crippen LogP contribution in [0.5, 0.6) is 0 Å². The Morgan fingerprint density at radius 2 is 2.21 bits per heavy atom. The van der Waals surface area contributed by atoms with Crippen LogP contribution >= 0.6 is 0 Å². The minimum absolute atomic E-state index is 0.0182. The topological polar surface area (TPSA) is 99.2 Å². The van der Waals surface area contributed by atoms with E-state index in [9.17, 15) is 8.42 Å². The van der Waals surface area contributed by atoms with Crippen molar-refractivity contribution in [2.24, 2.45) is 0 Å². The summed E-state index contributed by atoms with van der Waals surface area (Å²) < 4.78 is 33.4. The van der Waals surface area contributed by atoms with Gasteiger partial charge in [0.25, 0.3) is 0 Å². The Balaban J connectivity index is 2.76. The first-order chi connectivity index (χ1) is 8.90. The number of nitrogens with two attached hydrogens (primary N) is 1. The zero-order valence-corrected chi connectivity index (χ0v) is 12.4. The normalized spacial score (nSPS) is 13.6. The molecule has 19 heavy (non-hydrogen) atoms. The van der Waals surface area contributed by atoms with Gasteiger partial charge in [-0.15, -0.1) is 0 Å². The molecule has 0 aromatic carbocycles. The molecule has 1 aromatic rings. The predicted octanol–water partition coefficient (Wildman–Crippen LogP) is 0.579. The predicted molar refractivity (Wildman–Crippen MR) is 73.2 cm³/mol. The maximum atomic E-state index is 12.1. The fraction of sp³-hybridized carbons (Fsp3) is 0.727. The highest BCUT2D eigenvalue weighted by Gasteiger charge is 2.21. The lowest BCUT2D eigenvalue weighted by Gasteiger charge is -2.12. The van der Waals surface area contributed by atoms with Gasteiger partial charge in [-0.05, 0) is 20.3 Å². The molecule has 1 unspecified atom stereocenters. The third kappa shape index (κ3) is 4.48. The molecule has 1 rings (SSSR count). The first-order valence-electron chi connectivity index (χ1n) is 6.34. The number of aryl methyl sites for hydroxylation is 1. The van der Waals surface area contributed by atoms with Gasteiger partial charge in [-0.2, -0.15) is 5.10 Å². The van der Waals surface area contributed by atoms with Crippen LogP contribution in [0.4, 0.5) is 5.82 Å². The zero-order valence-electron chi connectivity index (χ0n) is 11.6. The zero-order chi connectivity index (χ0) is 14.5. The van der Waals surface area contributed by atoms with Gasteiger partial charge in [-0.25, -0.2) is 13.1 Å². The first kappa shape index (κ1) is 15.9. The molecule has 0 fully saturated rings. The molecular weight excluding hydrogens is 268 g/mol. The van der Waals surface area contributed by atoms with Crippen LogP contribution in [-0.2, 0) is 21.3 Å². The standard InChI is InChI=1S/C11H22N4O3S/c1-4-6-15-8-10(11(12)14-15)19(16,17)13-7-9(3)18-5-2/h8-9,13H,4-7H2,1-3H3,(H2,12,14). The molecule has 1 heterocycles. The number of nitrogens with zero attached hydrogens (tertiary/aromatic N) is 2. The fourth-order valence-corrected chi connectivity index (χ4v) is 2.80. The van der Waals surface area contributed by atoms with E-state index in [1.54, 1.807) is 6.92 Å². The highest BCUT2D eigenvalue weighted by atomic mass is 32.2. The van der Waals surface area contributed by atoms with Crippen LogP contribution in [-0.4, -0.2) is 37.5 Å². The number of anilines is 1. The summed E-state index contributed by atoms with van der Waals surface area (Å²) in [7, 11) is -3.64. The van der Waals surface area contributed by atoms with E-state index in [0.717, 1.165) is 6.42 Å². The number of nitrogens with one attached hydrogen (secondary N) is 1. The smallest absolute Gasteiger partial charge is 0.245 e. The number of hydrogen-bond acceptors (Lipinski definition) is 5. The quantitative estimate of drug-likeness (QED) is 0.729. The second-order valence-corrected chi connectivity index (χ2v) is 5.99. The van der Waals surface area contributed by atoms with Gasteiger partial charge in [0.1, 0.15) is 4.90 Å². The molecule has 0 aliphatic rings. The van der Waals surface area contributed by atoms with E-state index in [1.807, 2.05) is 13.8 Å². The van der Waals surface area contributed by atoms with Gasteiger partial charge in [0.15, 0.2) is 5.82 Å². The van der Waals surface area contributed by atoms with Crippen molar-refractivity contribution in [3.63, 3.8) is 0 Å². The number of hydrogen-bond donors (Lipinski definition) is 2. The summed E-state index contributed by atoms with van der Waals surface area (Å²) in [6, 6.07) is 0. The second kappa shape index (κ2) is 6.88. The Morgan fingerprint density at radius 3 is 2.79 bits per heavy atom. The third-order valence-corrected chi connectivity index (χ3v) is 3.95. The van der Waals surface area contributed by atoms with Gasteiger partial charge < -0.3 is 10.5 Å². The monoisotopic (exact) mass is 290 g/mol. The summed E-state index contributed by atoms with van der Waals surface area (Å²) >= 11 is 0. The van der Waals surface area contributed by atoms with Gasteiger partial charge in [0.2, 0.25) is 10.0 Å². The lowest BCUT2D eigenvalue weighted by molar-refractivity contribution is 0.0799. The molecule has 0 spiro atoms. The van der Waals surface area contributed by atoms with Crippen molar-refractivity contribution in [2.75, 3.05) is 18.9 Å². The van der Waals surface area contributed by atoms with E-state index < -0.39 is 10.0 Å². The molecule has 0 radical (unpaired) electrons. The maximum absolute atomic E-state index is 12.1. The highest BCUT2D eigenvalue weighted by Crippen LogP contribution is 2.16. The van der Waals surface area contributed by atoms with Gasteiger partial charge in [-0.3, -0.25) is 4.68 Å². The summed E-state index contributed by atoms with van der Waals surface area (Å²) in [6.07, 6.45) is 2.12. The lowest BCUT2D eigenvalue weighted by Crippen LogP contribution is -2.32. The largest absolute Gasteiger partial charge is 0.381 e. The molecule has 0 aliphatic carbocycles. The van der Waals surface area contributed by atoms with E-state index in [2.05, 4.69) is 9.82 Å². The highest BCUT2D eigenvalue weighted by molar-refractivity contribution is 7.89. The van der Waals surface area contributed by atoms with Gasteiger partial charge >= 0.3 is 0 Å². The first-order valence-corrected chi connectivity index (χ1v) is 7.83. The van der Waals surface area contributed by atoms with Crippen LogP contribution < -0.4 is 10.5 Å². The van der Waals surface area contributed by atoms with Gasteiger partial charge in [0, 0.05) is 25.9 Å².